The SMILES string of the molecule is C=C(CN1Cc2c(-c3ccc4c(c3)c(-c3cccc(CN5CCN(C(C)=O)CC5)c3)nn4C(=O)OC(C)(C)C)ccc(N)c2C1=O)C(N)=O. The monoisotopic (exact) mass is 663 g/mol. The van der Waals surface area contributed by atoms with E-state index in [2.05, 4.69) is 23.6 Å². The second kappa shape index (κ2) is 12.8. The molecule has 12 nitrogen and oxygen atoms in total. The number of carbonyl (C=O) groups is 4. The summed E-state index contributed by atoms with van der Waals surface area (Å²) in [7, 11) is 0. The van der Waals surface area contributed by atoms with Crippen molar-refractivity contribution in [1.29, 1.82) is 0 Å². The number of rotatable bonds is 7. The van der Waals surface area contributed by atoms with E-state index >= 15 is 0 Å². The molecule has 49 heavy (non-hydrogen) atoms. The molecule has 6 rings (SSSR count). The quantitative estimate of drug-likeness (QED) is 0.218. The van der Waals surface area contributed by atoms with E-state index in [0.29, 0.717) is 42.1 Å². The van der Waals surface area contributed by atoms with Crippen LogP contribution < -0.4 is 11.5 Å². The van der Waals surface area contributed by atoms with Gasteiger partial charge in [-0.3, -0.25) is 19.3 Å². The average molecular weight is 664 g/mol. The number of nitrogens with zero attached hydrogens (tertiary/aromatic N) is 5. The molecule has 0 radical (unpaired) electrons. The van der Waals surface area contributed by atoms with Gasteiger partial charge in [0.05, 0.1) is 17.6 Å². The highest BCUT2D eigenvalue weighted by atomic mass is 16.6. The van der Waals surface area contributed by atoms with Crippen molar-refractivity contribution in [2.45, 2.75) is 46.4 Å². The molecular formula is C37H41N7O5. The van der Waals surface area contributed by atoms with Gasteiger partial charge in [0.15, 0.2) is 0 Å². The molecule has 0 aliphatic carbocycles. The third-order valence-corrected chi connectivity index (χ3v) is 8.91. The van der Waals surface area contributed by atoms with Gasteiger partial charge in [0.2, 0.25) is 11.8 Å². The smallest absolute Gasteiger partial charge is 0.435 e. The van der Waals surface area contributed by atoms with Crippen LogP contribution in [0.2, 0.25) is 0 Å². The van der Waals surface area contributed by atoms with Crippen molar-refractivity contribution >= 4 is 40.4 Å². The molecule has 1 saturated heterocycles. The van der Waals surface area contributed by atoms with Crippen LogP contribution in [0, 0.1) is 0 Å². The van der Waals surface area contributed by atoms with Gasteiger partial charge < -0.3 is 26.0 Å². The lowest BCUT2D eigenvalue weighted by Crippen LogP contribution is -2.47. The van der Waals surface area contributed by atoms with Gasteiger partial charge in [0.25, 0.3) is 5.91 Å². The van der Waals surface area contributed by atoms with E-state index in [1.807, 2.05) is 41.3 Å². The molecule has 2 aliphatic rings. The Morgan fingerprint density at radius 3 is 2.39 bits per heavy atom. The molecule has 3 aromatic carbocycles. The molecule has 0 unspecified atom stereocenters. The Bertz CT molecular complexity index is 2020. The molecule has 3 amide bonds. The molecule has 2 aliphatic heterocycles. The van der Waals surface area contributed by atoms with Crippen LogP contribution in [0.5, 0.6) is 0 Å². The van der Waals surface area contributed by atoms with Crippen molar-refractivity contribution < 1.29 is 23.9 Å². The maximum Gasteiger partial charge on any atom is 0.435 e. The average Bonchev–Trinajstić information content (AvgIpc) is 3.59. The Kier molecular flexibility index (Phi) is 8.76. The number of fused-ring (bicyclic) bond motifs is 2. The molecule has 0 atom stereocenters. The zero-order valence-corrected chi connectivity index (χ0v) is 28.3. The van der Waals surface area contributed by atoms with Crippen molar-refractivity contribution in [3.05, 3.63) is 83.4 Å². The molecular weight excluding hydrogens is 622 g/mol. The van der Waals surface area contributed by atoms with E-state index in [4.69, 9.17) is 21.3 Å². The lowest BCUT2D eigenvalue weighted by molar-refractivity contribution is -0.130. The maximum absolute atomic E-state index is 13.4. The maximum atomic E-state index is 13.4. The number of hydrogen-bond acceptors (Lipinski definition) is 8. The number of nitrogens with two attached hydrogens (primary N) is 2. The first-order chi connectivity index (χ1) is 23.2. The van der Waals surface area contributed by atoms with Gasteiger partial charge in [-0.25, -0.2) is 4.79 Å². The lowest BCUT2D eigenvalue weighted by atomic mass is 9.94. The third-order valence-electron chi connectivity index (χ3n) is 8.91. The molecule has 0 saturated carbocycles. The largest absolute Gasteiger partial charge is 0.442 e. The van der Waals surface area contributed by atoms with Gasteiger partial charge in [0.1, 0.15) is 11.3 Å². The van der Waals surface area contributed by atoms with Crippen molar-refractivity contribution in [2.75, 3.05) is 38.5 Å². The van der Waals surface area contributed by atoms with Crippen LogP contribution in [-0.4, -0.2) is 86.6 Å². The third kappa shape index (κ3) is 6.77. The fourth-order valence-corrected chi connectivity index (χ4v) is 6.45. The summed E-state index contributed by atoms with van der Waals surface area (Å²) in [6.45, 7) is 14.6. The molecule has 4 aromatic rings. The fourth-order valence-electron chi connectivity index (χ4n) is 6.45. The van der Waals surface area contributed by atoms with Gasteiger partial charge in [-0.05, 0) is 67.3 Å². The number of aromatic nitrogens is 2. The number of piperazine rings is 1. The Balaban J connectivity index is 1.40. The number of ether oxygens (including phenoxy) is 1. The van der Waals surface area contributed by atoms with E-state index in [9.17, 15) is 19.2 Å². The summed E-state index contributed by atoms with van der Waals surface area (Å²) in [6.07, 6.45) is -0.597. The van der Waals surface area contributed by atoms with Crippen LogP contribution in [0.3, 0.4) is 0 Å². The van der Waals surface area contributed by atoms with Crippen LogP contribution >= 0.6 is 0 Å². The predicted molar refractivity (Wildman–Crippen MR) is 187 cm³/mol. The normalized spacial score (nSPS) is 15.1. The minimum atomic E-state index is -0.732. The number of anilines is 1. The molecule has 3 heterocycles. The minimum Gasteiger partial charge on any atom is -0.442 e. The second-order valence-corrected chi connectivity index (χ2v) is 13.6. The number of benzene rings is 3. The van der Waals surface area contributed by atoms with E-state index in [-0.39, 0.29) is 30.5 Å². The van der Waals surface area contributed by atoms with Crippen LogP contribution in [0.15, 0.2) is 66.7 Å². The summed E-state index contributed by atoms with van der Waals surface area (Å²) in [5.74, 6) is -0.873. The van der Waals surface area contributed by atoms with Crippen molar-refractivity contribution in [3.63, 3.8) is 0 Å². The summed E-state index contributed by atoms with van der Waals surface area (Å²) in [5, 5.41) is 5.53. The first kappa shape index (κ1) is 33.4. The van der Waals surface area contributed by atoms with Crippen LogP contribution in [0.25, 0.3) is 33.3 Å². The minimum absolute atomic E-state index is 0.00365. The number of hydrogen-bond donors (Lipinski definition) is 2. The van der Waals surface area contributed by atoms with E-state index < -0.39 is 17.6 Å². The summed E-state index contributed by atoms with van der Waals surface area (Å²) < 4.78 is 7.01. The molecule has 0 spiro atoms. The Morgan fingerprint density at radius 2 is 1.71 bits per heavy atom. The van der Waals surface area contributed by atoms with E-state index in [1.165, 1.54) is 9.58 Å². The topological polar surface area (TPSA) is 157 Å². The first-order valence-electron chi connectivity index (χ1n) is 16.2. The Hall–Kier alpha value is -5.49. The van der Waals surface area contributed by atoms with E-state index in [0.717, 1.165) is 46.3 Å². The van der Waals surface area contributed by atoms with Crippen LogP contribution in [-0.2, 0) is 27.4 Å². The Morgan fingerprint density at radius 1 is 0.980 bits per heavy atom. The molecule has 1 fully saturated rings. The molecule has 4 N–H and O–H groups in total. The summed E-state index contributed by atoms with van der Waals surface area (Å²) >= 11 is 0. The van der Waals surface area contributed by atoms with Crippen molar-refractivity contribution in [3.8, 4) is 22.4 Å². The summed E-state index contributed by atoms with van der Waals surface area (Å²) in [5.41, 5.74) is 17.2. The zero-order chi connectivity index (χ0) is 35.2. The second-order valence-electron chi connectivity index (χ2n) is 13.6. The van der Waals surface area contributed by atoms with Gasteiger partial charge in [-0.1, -0.05) is 36.9 Å². The highest BCUT2D eigenvalue weighted by Crippen LogP contribution is 2.39. The van der Waals surface area contributed by atoms with Crippen LogP contribution in [0.1, 0.15) is 49.2 Å². The number of nitrogen functional groups attached to an aromatic ring is 1. The van der Waals surface area contributed by atoms with Crippen LogP contribution in [0.4, 0.5) is 10.5 Å². The van der Waals surface area contributed by atoms with Gasteiger partial charge in [-0.2, -0.15) is 9.78 Å². The zero-order valence-electron chi connectivity index (χ0n) is 28.3. The number of primary amides is 1. The molecule has 254 valence electrons. The van der Waals surface area contributed by atoms with E-state index in [1.54, 1.807) is 33.8 Å². The van der Waals surface area contributed by atoms with Gasteiger partial charge in [-0.15, -0.1) is 0 Å². The first-order valence-corrected chi connectivity index (χ1v) is 16.2. The molecule has 0 bridgehead atoms. The standard InChI is InChI=1S/C37H41N7O5/c1-22(34(39)46)19-43-21-29-27(10-11-30(38)32(29)35(43)47)25-9-12-31-28(18-25)33(40-44(31)36(48)49-37(3,4)5)26-8-6-7-24(17-26)20-41-13-15-42(16-14-41)23(2)45/h6-12,17-18H,1,13-16,19-21,38H2,2-5H3,(H2,39,46). The van der Waals surface area contributed by atoms with Gasteiger partial charge >= 0.3 is 6.09 Å². The highest BCUT2D eigenvalue weighted by molar-refractivity contribution is 6.07. The predicted octanol–water partition coefficient (Wildman–Crippen LogP) is 4.40. The lowest BCUT2D eigenvalue weighted by Gasteiger charge is -2.34. The summed E-state index contributed by atoms with van der Waals surface area (Å²) in [6, 6.07) is 17.3. The molecule has 1 aromatic heterocycles. The molecule has 12 heteroatoms. The number of carbonyl (C=O) groups excluding carboxylic acids is 4. The number of amides is 3. The highest BCUT2D eigenvalue weighted by Gasteiger charge is 2.33. The van der Waals surface area contributed by atoms with Crippen molar-refractivity contribution in [2.24, 2.45) is 5.73 Å². The summed E-state index contributed by atoms with van der Waals surface area (Å²) in [4.78, 5) is 56.0. The fraction of sp³-hybridized carbons (Fsp3) is 0.324. The van der Waals surface area contributed by atoms with Crippen molar-refractivity contribution in [1.82, 2.24) is 24.5 Å². The van der Waals surface area contributed by atoms with Gasteiger partial charge in [0, 0.05) is 68.4 Å². The Labute approximate surface area is 284 Å².